The molecule has 3 rings (SSSR count). The molecule has 1 amide bonds. The van der Waals surface area contributed by atoms with Gasteiger partial charge in [-0.25, -0.2) is 0 Å². The van der Waals surface area contributed by atoms with Crippen molar-refractivity contribution in [3.8, 4) is 5.75 Å². The number of fused-ring (bicyclic) bond motifs is 2. The SMILES string of the molecule is CCN1C(=O)Cc2cc3c(cc21)C=CCO3. The number of carbonyl (C=O) groups is 1. The van der Waals surface area contributed by atoms with E-state index in [2.05, 4.69) is 12.1 Å². The van der Waals surface area contributed by atoms with Crippen LogP contribution in [0.25, 0.3) is 6.08 Å². The third kappa shape index (κ3) is 1.24. The van der Waals surface area contributed by atoms with Crippen LogP contribution in [-0.2, 0) is 11.2 Å². The van der Waals surface area contributed by atoms with Gasteiger partial charge in [-0.05, 0) is 30.7 Å². The molecule has 2 aliphatic heterocycles. The van der Waals surface area contributed by atoms with Gasteiger partial charge in [-0.15, -0.1) is 0 Å². The number of nitrogens with zero attached hydrogens (tertiary/aromatic N) is 1. The number of ether oxygens (including phenoxy) is 1. The van der Waals surface area contributed by atoms with Crippen LogP contribution in [0.5, 0.6) is 5.75 Å². The second kappa shape index (κ2) is 3.37. The van der Waals surface area contributed by atoms with Gasteiger partial charge in [0.1, 0.15) is 12.4 Å². The molecule has 1 aromatic rings. The second-order valence-corrected chi connectivity index (χ2v) is 4.05. The predicted octanol–water partition coefficient (Wildman–Crippen LogP) is 2.00. The number of amides is 1. The zero-order chi connectivity index (χ0) is 11.1. The molecule has 2 heterocycles. The van der Waals surface area contributed by atoms with E-state index < -0.39 is 0 Å². The van der Waals surface area contributed by atoms with Crippen molar-refractivity contribution in [2.75, 3.05) is 18.1 Å². The number of anilines is 1. The summed E-state index contributed by atoms with van der Waals surface area (Å²) >= 11 is 0. The van der Waals surface area contributed by atoms with Crippen LogP contribution in [0.1, 0.15) is 18.1 Å². The molecule has 0 aromatic heterocycles. The topological polar surface area (TPSA) is 29.5 Å². The van der Waals surface area contributed by atoms with Crippen molar-refractivity contribution in [2.45, 2.75) is 13.3 Å². The summed E-state index contributed by atoms with van der Waals surface area (Å²) in [4.78, 5) is 13.6. The van der Waals surface area contributed by atoms with Gasteiger partial charge in [0, 0.05) is 17.8 Å². The van der Waals surface area contributed by atoms with Crippen molar-refractivity contribution in [2.24, 2.45) is 0 Å². The normalized spacial score (nSPS) is 17.1. The molecule has 0 saturated carbocycles. The summed E-state index contributed by atoms with van der Waals surface area (Å²) in [7, 11) is 0. The Labute approximate surface area is 94.3 Å². The lowest BCUT2D eigenvalue weighted by molar-refractivity contribution is -0.117. The second-order valence-electron chi connectivity index (χ2n) is 4.05. The van der Waals surface area contributed by atoms with Crippen LogP contribution in [0, 0.1) is 0 Å². The molecular weight excluding hydrogens is 202 g/mol. The minimum Gasteiger partial charge on any atom is -0.489 e. The Kier molecular flexibility index (Phi) is 1.99. The van der Waals surface area contributed by atoms with Crippen molar-refractivity contribution in [3.05, 3.63) is 29.3 Å². The highest BCUT2D eigenvalue weighted by atomic mass is 16.5. The maximum absolute atomic E-state index is 11.7. The zero-order valence-corrected chi connectivity index (χ0v) is 9.19. The molecule has 0 spiro atoms. The molecule has 0 fully saturated rings. The molecule has 3 nitrogen and oxygen atoms in total. The van der Waals surface area contributed by atoms with Gasteiger partial charge in [-0.1, -0.05) is 6.08 Å². The number of carbonyl (C=O) groups excluding carboxylic acids is 1. The summed E-state index contributed by atoms with van der Waals surface area (Å²) in [6, 6.07) is 4.05. The van der Waals surface area contributed by atoms with E-state index in [9.17, 15) is 4.79 Å². The smallest absolute Gasteiger partial charge is 0.231 e. The molecule has 16 heavy (non-hydrogen) atoms. The van der Waals surface area contributed by atoms with Gasteiger partial charge in [-0.2, -0.15) is 0 Å². The number of benzene rings is 1. The fraction of sp³-hybridized carbons (Fsp3) is 0.308. The van der Waals surface area contributed by atoms with Crippen molar-refractivity contribution in [1.82, 2.24) is 0 Å². The van der Waals surface area contributed by atoms with Crippen molar-refractivity contribution in [3.63, 3.8) is 0 Å². The number of hydrogen-bond acceptors (Lipinski definition) is 2. The quantitative estimate of drug-likeness (QED) is 0.717. The van der Waals surface area contributed by atoms with E-state index in [-0.39, 0.29) is 5.91 Å². The van der Waals surface area contributed by atoms with Crippen LogP contribution in [0.15, 0.2) is 18.2 Å². The van der Waals surface area contributed by atoms with Crippen molar-refractivity contribution < 1.29 is 9.53 Å². The van der Waals surface area contributed by atoms with E-state index >= 15 is 0 Å². The Morgan fingerprint density at radius 1 is 1.44 bits per heavy atom. The van der Waals surface area contributed by atoms with Gasteiger partial charge in [0.05, 0.1) is 6.42 Å². The Morgan fingerprint density at radius 2 is 2.31 bits per heavy atom. The Morgan fingerprint density at radius 3 is 3.12 bits per heavy atom. The lowest BCUT2D eigenvalue weighted by Gasteiger charge is -2.18. The molecule has 0 radical (unpaired) electrons. The van der Waals surface area contributed by atoms with E-state index in [4.69, 9.17) is 4.74 Å². The van der Waals surface area contributed by atoms with E-state index in [0.29, 0.717) is 13.0 Å². The summed E-state index contributed by atoms with van der Waals surface area (Å²) < 4.78 is 5.54. The molecule has 0 atom stereocenters. The van der Waals surface area contributed by atoms with Crippen LogP contribution in [0.2, 0.25) is 0 Å². The predicted molar refractivity (Wildman–Crippen MR) is 62.7 cm³/mol. The summed E-state index contributed by atoms with van der Waals surface area (Å²) in [5, 5.41) is 0. The highest BCUT2D eigenvalue weighted by Crippen LogP contribution is 2.36. The third-order valence-electron chi connectivity index (χ3n) is 3.09. The minimum absolute atomic E-state index is 0.184. The molecule has 0 bridgehead atoms. The average Bonchev–Trinajstić information content (AvgIpc) is 2.60. The summed E-state index contributed by atoms with van der Waals surface area (Å²) in [5.74, 6) is 1.08. The van der Waals surface area contributed by atoms with Crippen molar-refractivity contribution >= 4 is 17.7 Å². The van der Waals surface area contributed by atoms with E-state index in [1.165, 1.54) is 0 Å². The number of hydrogen-bond donors (Lipinski definition) is 0. The van der Waals surface area contributed by atoms with E-state index in [1.807, 2.05) is 24.0 Å². The monoisotopic (exact) mass is 215 g/mol. The first-order valence-corrected chi connectivity index (χ1v) is 5.56. The summed E-state index contributed by atoms with van der Waals surface area (Å²) in [6.07, 6.45) is 4.54. The first kappa shape index (κ1) is 9.46. The van der Waals surface area contributed by atoms with Gasteiger partial charge in [0.2, 0.25) is 5.91 Å². The maximum atomic E-state index is 11.7. The van der Waals surface area contributed by atoms with Crippen LogP contribution >= 0.6 is 0 Å². The standard InChI is InChI=1S/C13H13NO2/c1-2-14-11-6-9-4-3-5-16-12(9)7-10(11)8-13(14)15/h3-4,6-7H,2,5,8H2,1H3. The molecule has 1 aromatic carbocycles. The zero-order valence-electron chi connectivity index (χ0n) is 9.19. The van der Waals surface area contributed by atoms with Crippen LogP contribution in [0.3, 0.4) is 0 Å². The lowest BCUT2D eigenvalue weighted by Crippen LogP contribution is -2.25. The lowest BCUT2D eigenvalue weighted by atomic mass is 10.1. The van der Waals surface area contributed by atoms with Crippen LogP contribution in [0.4, 0.5) is 5.69 Å². The molecule has 0 aliphatic carbocycles. The van der Waals surface area contributed by atoms with Gasteiger partial charge in [0.15, 0.2) is 0 Å². The highest BCUT2D eigenvalue weighted by Gasteiger charge is 2.27. The fourth-order valence-electron chi connectivity index (χ4n) is 2.33. The molecule has 2 aliphatic rings. The van der Waals surface area contributed by atoms with Gasteiger partial charge >= 0.3 is 0 Å². The van der Waals surface area contributed by atoms with Crippen LogP contribution < -0.4 is 9.64 Å². The van der Waals surface area contributed by atoms with Crippen LogP contribution in [-0.4, -0.2) is 19.1 Å². The summed E-state index contributed by atoms with van der Waals surface area (Å²) in [5.41, 5.74) is 3.19. The largest absolute Gasteiger partial charge is 0.489 e. The average molecular weight is 215 g/mol. The first-order valence-electron chi connectivity index (χ1n) is 5.56. The number of rotatable bonds is 1. The molecule has 3 heteroatoms. The van der Waals surface area contributed by atoms with Gasteiger partial charge < -0.3 is 9.64 Å². The highest BCUT2D eigenvalue weighted by molar-refractivity contribution is 6.02. The minimum atomic E-state index is 0.184. The van der Waals surface area contributed by atoms with Gasteiger partial charge in [0.25, 0.3) is 0 Å². The first-order chi connectivity index (χ1) is 7.79. The molecule has 82 valence electrons. The Hall–Kier alpha value is -1.77. The van der Waals surface area contributed by atoms with E-state index in [1.54, 1.807) is 0 Å². The Bertz CT molecular complexity index is 491. The van der Waals surface area contributed by atoms with E-state index in [0.717, 1.165) is 29.1 Å². The fourth-order valence-corrected chi connectivity index (χ4v) is 2.33. The molecular formula is C13H13NO2. The summed E-state index contributed by atoms with van der Waals surface area (Å²) in [6.45, 7) is 3.35. The van der Waals surface area contributed by atoms with Crippen molar-refractivity contribution in [1.29, 1.82) is 0 Å². The molecule has 0 unspecified atom stereocenters. The molecule has 0 N–H and O–H groups in total. The van der Waals surface area contributed by atoms with Gasteiger partial charge in [-0.3, -0.25) is 4.79 Å². The third-order valence-corrected chi connectivity index (χ3v) is 3.09. The molecule has 0 saturated heterocycles. The number of likely N-dealkylation sites (N-methyl/N-ethyl adjacent to an activating group) is 1. The maximum Gasteiger partial charge on any atom is 0.231 e. The Balaban J connectivity index is 2.13.